The number of nitrogens with zero attached hydrogens (tertiary/aromatic N) is 1. The maximum absolute atomic E-state index is 5.80. The summed E-state index contributed by atoms with van der Waals surface area (Å²) in [6.45, 7) is 0.636. The molecule has 0 saturated heterocycles. The molecule has 0 aliphatic carbocycles. The topological polar surface area (TPSA) is 12.5 Å². The highest BCUT2D eigenvalue weighted by Crippen LogP contribution is 2.37. The molecule has 1 aliphatic rings. The lowest BCUT2D eigenvalue weighted by molar-refractivity contribution is 0.310. The molecular formula is C14H13NO. The van der Waals surface area contributed by atoms with Crippen molar-refractivity contribution in [2.45, 2.75) is 6.61 Å². The van der Waals surface area contributed by atoms with Crippen molar-refractivity contribution in [2.75, 3.05) is 11.9 Å². The van der Waals surface area contributed by atoms with E-state index >= 15 is 0 Å². The lowest BCUT2D eigenvalue weighted by Crippen LogP contribution is -2.09. The number of ether oxygens (including phenoxy) is 1. The molecule has 0 spiro atoms. The van der Waals surface area contributed by atoms with Crippen LogP contribution >= 0.6 is 0 Å². The van der Waals surface area contributed by atoms with Crippen LogP contribution in [0.4, 0.5) is 11.4 Å². The highest BCUT2D eigenvalue weighted by atomic mass is 16.5. The number of fused-ring (bicyclic) bond motifs is 2. The van der Waals surface area contributed by atoms with Crippen molar-refractivity contribution in [3.05, 3.63) is 54.1 Å². The summed E-state index contributed by atoms with van der Waals surface area (Å²) < 4.78 is 5.80. The molecule has 0 unspecified atom stereocenters. The second-order valence-electron chi connectivity index (χ2n) is 3.94. The van der Waals surface area contributed by atoms with E-state index in [1.165, 1.54) is 11.3 Å². The van der Waals surface area contributed by atoms with Crippen LogP contribution in [-0.4, -0.2) is 7.05 Å². The van der Waals surface area contributed by atoms with Crippen molar-refractivity contribution in [3.63, 3.8) is 0 Å². The van der Waals surface area contributed by atoms with Gasteiger partial charge in [0.1, 0.15) is 12.4 Å². The first kappa shape index (κ1) is 9.28. The average Bonchev–Trinajstić information content (AvgIpc) is 2.49. The Morgan fingerprint density at radius 3 is 2.50 bits per heavy atom. The molecule has 2 heteroatoms. The number of hydrogen-bond acceptors (Lipinski definition) is 2. The molecule has 3 rings (SSSR count). The summed E-state index contributed by atoms with van der Waals surface area (Å²) >= 11 is 0. The van der Waals surface area contributed by atoms with E-state index in [2.05, 4.69) is 36.2 Å². The second kappa shape index (κ2) is 3.56. The molecule has 2 aromatic rings. The van der Waals surface area contributed by atoms with E-state index in [1.807, 2.05) is 24.3 Å². The lowest BCUT2D eigenvalue weighted by Gasteiger charge is -2.19. The number of anilines is 2. The van der Waals surface area contributed by atoms with Gasteiger partial charge in [-0.1, -0.05) is 30.3 Å². The van der Waals surface area contributed by atoms with Crippen LogP contribution in [0.25, 0.3) is 0 Å². The first-order valence-corrected chi connectivity index (χ1v) is 5.40. The van der Waals surface area contributed by atoms with E-state index in [0.717, 1.165) is 11.4 Å². The van der Waals surface area contributed by atoms with Crippen LogP contribution in [0.2, 0.25) is 0 Å². The minimum atomic E-state index is 0.636. The van der Waals surface area contributed by atoms with Crippen LogP contribution in [0.1, 0.15) is 5.56 Å². The molecule has 0 saturated carbocycles. The quantitative estimate of drug-likeness (QED) is 0.662. The summed E-state index contributed by atoms with van der Waals surface area (Å²) in [5.74, 6) is 0.946. The van der Waals surface area contributed by atoms with E-state index in [9.17, 15) is 0 Å². The molecule has 0 fully saturated rings. The summed E-state index contributed by atoms with van der Waals surface area (Å²) in [5.41, 5.74) is 3.56. The zero-order valence-electron chi connectivity index (χ0n) is 9.18. The number of hydrogen-bond donors (Lipinski definition) is 0. The molecule has 80 valence electrons. The Labute approximate surface area is 95.1 Å². The standard InChI is InChI=1S/C14H13NO/c1-15-12-7-3-2-6-11(12)10-16-14-9-5-4-8-13(14)15/h2-9H,10H2,1H3. The summed E-state index contributed by atoms with van der Waals surface area (Å²) in [6, 6.07) is 16.5. The van der Waals surface area contributed by atoms with Gasteiger partial charge < -0.3 is 9.64 Å². The van der Waals surface area contributed by atoms with Gasteiger partial charge in [-0.2, -0.15) is 0 Å². The molecule has 2 aromatic carbocycles. The number of rotatable bonds is 0. The van der Waals surface area contributed by atoms with E-state index in [4.69, 9.17) is 4.74 Å². The Hall–Kier alpha value is -1.96. The van der Waals surface area contributed by atoms with E-state index in [-0.39, 0.29) is 0 Å². The lowest BCUT2D eigenvalue weighted by atomic mass is 10.1. The van der Waals surface area contributed by atoms with Gasteiger partial charge in [0, 0.05) is 18.3 Å². The van der Waals surface area contributed by atoms with Crippen molar-refractivity contribution in [1.82, 2.24) is 0 Å². The fraction of sp³-hybridized carbons (Fsp3) is 0.143. The third-order valence-electron chi connectivity index (χ3n) is 2.96. The van der Waals surface area contributed by atoms with Crippen molar-refractivity contribution in [3.8, 4) is 5.75 Å². The minimum absolute atomic E-state index is 0.636. The Morgan fingerprint density at radius 2 is 1.62 bits per heavy atom. The van der Waals surface area contributed by atoms with Crippen LogP contribution in [-0.2, 0) is 6.61 Å². The molecule has 0 amide bonds. The second-order valence-corrected chi connectivity index (χ2v) is 3.94. The van der Waals surface area contributed by atoms with Gasteiger partial charge >= 0.3 is 0 Å². The predicted octanol–water partition coefficient (Wildman–Crippen LogP) is 3.35. The van der Waals surface area contributed by atoms with E-state index in [1.54, 1.807) is 0 Å². The normalized spacial score (nSPS) is 13.4. The molecule has 1 heterocycles. The summed E-state index contributed by atoms with van der Waals surface area (Å²) in [7, 11) is 2.08. The maximum Gasteiger partial charge on any atom is 0.143 e. The Kier molecular flexibility index (Phi) is 2.07. The maximum atomic E-state index is 5.80. The van der Waals surface area contributed by atoms with Crippen LogP contribution in [0.15, 0.2) is 48.5 Å². The third-order valence-corrected chi connectivity index (χ3v) is 2.96. The van der Waals surface area contributed by atoms with Crippen LogP contribution in [0, 0.1) is 0 Å². The Bertz CT molecular complexity index is 474. The highest BCUT2D eigenvalue weighted by Gasteiger charge is 2.17. The van der Waals surface area contributed by atoms with Gasteiger partial charge in [-0.3, -0.25) is 0 Å². The zero-order valence-corrected chi connectivity index (χ0v) is 9.18. The van der Waals surface area contributed by atoms with Gasteiger partial charge in [-0.25, -0.2) is 0 Å². The molecule has 0 atom stereocenters. The van der Waals surface area contributed by atoms with E-state index in [0.29, 0.717) is 6.61 Å². The summed E-state index contributed by atoms with van der Waals surface area (Å²) in [5, 5.41) is 0. The summed E-state index contributed by atoms with van der Waals surface area (Å²) in [4.78, 5) is 2.18. The molecule has 0 N–H and O–H groups in total. The van der Waals surface area contributed by atoms with Crippen molar-refractivity contribution in [2.24, 2.45) is 0 Å². The highest BCUT2D eigenvalue weighted by molar-refractivity contribution is 5.71. The minimum Gasteiger partial charge on any atom is -0.487 e. The van der Waals surface area contributed by atoms with Crippen molar-refractivity contribution in [1.29, 1.82) is 0 Å². The van der Waals surface area contributed by atoms with Gasteiger partial charge in [-0.15, -0.1) is 0 Å². The van der Waals surface area contributed by atoms with Crippen LogP contribution < -0.4 is 9.64 Å². The SMILES string of the molecule is CN1c2ccccc2COc2ccccc21. The molecule has 1 aliphatic heterocycles. The molecular weight excluding hydrogens is 198 g/mol. The van der Waals surface area contributed by atoms with Gasteiger partial charge in [0.2, 0.25) is 0 Å². The van der Waals surface area contributed by atoms with Gasteiger partial charge in [0.25, 0.3) is 0 Å². The molecule has 0 aromatic heterocycles. The van der Waals surface area contributed by atoms with E-state index < -0.39 is 0 Å². The first-order valence-electron chi connectivity index (χ1n) is 5.40. The third kappa shape index (κ3) is 1.34. The Morgan fingerprint density at radius 1 is 0.938 bits per heavy atom. The first-order chi connectivity index (χ1) is 7.86. The van der Waals surface area contributed by atoms with Crippen LogP contribution in [0.5, 0.6) is 5.75 Å². The monoisotopic (exact) mass is 211 g/mol. The number of benzene rings is 2. The molecule has 2 nitrogen and oxygen atoms in total. The fourth-order valence-corrected chi connectivity index (χ4v) is 2.10. The van der Waals surface area contributed by atoms with Crippen LogP contribution in [0.3, 0.4) is 0 Å². The van der Waals surface area contributed by atoms with Gasteiger partial charge in [-0.05, 0) is 18.2 Å². The smallest absolute Gasteiger partial charge is 0.143 e. The van der Waals surface area contributed by atoms with Crippen molar-refractivity contribution >= 4 is 11.4 Å². The van der Waals surface area contributed by atoms with Gasteiger partial charge in [0.05, 0.1) is 5.69 Å². The fourth-order valence-electron chi connectivity index (χ4n) is 2.10. The van der Waals surface area contributed by atoms with Crippen molar-refractivity contribution < 1.29 is 4.74 Å². The summed E-state index contributed by atoms with van der Waals surface area (Å²) in [6.07, 6.45) is 0. The average molecular weight is 211 g/mol. The molecule has 0 radical (unpaired) electrons. The molecule has 16 heavy (non-hydrogen) atoms. The molecule has 0 bridgehead atoms. The number of para-hydroxylation sites is 3. The van der Waals surface area contributed by atoms with Gasteiger partial charge in [0.15, 0.2) is 0 Å². The largest absolute Gasteiger partial charge is 0.487 e. The Balaban J connectivity index is 2.18. The zero-order chi connectivity index (χ0) is 11.0. The predicted molar refractivity (Wildman–Crippen MR) is 65.3 cm³/mol.